The van der Waals surface area contributed by atoms with E-state index < -0.39 is 0 Å². The van der Waals surface area contributed by atoms with Gasteiger partial charge in [0.2, 0.25) is 5.91 Å². The van der Waals surface area contributed by atoms with Gasteiger partial charge in [-0.1, -0.05) is 18.2 Å². The minimum Gasteiger partial charge on any atom is -0.492 e. The molecular weight excluding hydrogens is 272 g/mol. The first kappa shape index (κ1) is 15.2. The summed E-state index contributed by atoms with van der Waals surface area (Å²) in [5.74, 6) is 1.49. The van der Waals surface area contributed by atoms with Crippen LogP contribution in [0.1, 0.15) is 12.8 Å². The third kappa shape index (κ3) is 5.84. The average Bonchev–Trinajstić information content (AvgIpc) is 2.52. The zero-order valence-corrected chi connectivity index (χ0v) is 12.5. The van der Waals surface area contributed by atoms with Gasteiger partial charge in [0, 0.05) is 5.25 Å². The molecule has 0 aliphatic carbocycles. The van der Waals surface area contributed by atoms with Crippen LogP contribution in [-0.4, -0.2) is 43.2 Å². The first-order valence-electron chi connectivity index (χ1n) is 7.11. The average molecular weight is 294 g/mol. The molecule has 0 unspecified atom stereocenters. The SMILES string of the molecule is O=C(CSC1CCNCC1)NCCOc1ccccc1. The standard InChI is InChI=1S/C15H22N2O2S/c18-15(12-20-14-6-8-16-9-7-14)17-10-11-19-13-4-2-1-3-5-13/h1-5,14,16H,6-12H2,(H,17,18). The maximum atomic E-state index is 11.7. The highest BCUT2D eigenvalue weighted by Crippen LogP contribution is 2.19. The second-order valence-electron chi connectivity index (χ2n) is 4.77. The topological polar surface area (TPSA) is 50.4 Å². The Kier molecular flexibility index (Phi) is 6.74. The summed E-state index contributed by atoms with van der Waals surface area (Å²) in [7, 11) is 0. The smallest absolute Gasteiger partial charge is 0.230 e. The second-order valence-corrected chi connectivity index (χ2v) is 6.06. The van der Waals surface area contributed by atoms with Gasteiger partial charge in [-0.25, -0.2) is 0 Å². The van der Waals surface area contributed by atoms with Crippen LogP contribution in [0.15, 0.2) is 30.3 Å². The van der Waals surface area contributed by atoms with Gasteiger partial charge in [0.05, 0.1) is 12.3 Å². The van der Waals surface area contributed by atoms with Crippen molar-refractivity contribution in [2.75, 3.05) is 32.0 Å². The highest BCUT2D eigenvalue weighted by molar-refractivity contribution is 8.00. The largest absolute Gasteiger partial charge is 0.492 e. The van der Waals surface area contributed by atoms with E-state index in [0.29, 0.717) is 24.2 Å². The van der Waals surface area contributed by atoms with Gasteiger partial charge < -0.3 is 15.4 Å². The predicted octanol–water partition coefficient (Wildman–Crippen LogP) is 1.67. The molecule has 1 aromatic rings. The summed E-state index contributed by atoms with van der Waals surface area (Å²) < 4.78 is 5.52. The molecule has 1 aliphatic rings. The highest BCUT2D eigenvalue weighted by atomic mass is 32.2. The molecule has 2 rings (SSSR count). The maximum Gasteiger partial charge on any atom is 0.230 e. The summed E-state index contributed by atoms with van der Waals surface area (Å²) in [4.78, 5) is 11.7. The molecule has 0 spiro atoms. The first-order chi connectivity index (χ1) is 9.84. The molecule has 2 N–H and O–H groups in total. The number of hydrogen-bond acceptors (Lipinski definition) is 4. The number of piperidine rings is 1. The number of amides is 1. The van der Waals surface area contributed by atoms with E-state index in [1.807, 2.05) is 30.3 Å². The number of ether oxygens (including phenoxy) is 1. The molecule has 1 heterocycles. The van der Waals surface area contributed by atoms with E-state index in [4.69, 9.17) is 4.74 Å². The number of nitrogens with one attached hydrogen (secondary N) is 2. The summed E-state index contributed by atoms with van der Waals surface area (Å²) in [5, 5.41) is 6.85. The Morgan fingerprint density at radius 3 is 2.80 bits per heavy atom. The molecule has 0 radical (unpaired) electrons. The molecule has 1 saturated heterocycles. The third-order valence-electron chi connectivity index (χ3n) is 3.17. The van der Waals surface area contributed by atoms with Crippen LogP contribution >= 0.6 is 11.8 Å². The number of rotatable bonds is 7. The molecule has 0 atom stereocenters. The molecule has 20 heavy (non-hydrogen) atoms. The predicted molar refractivity (Wildman–Crippen MR) is 83.3 cm³/mol. The Morgan fingerprint density at radius 2 is 2.05 bits per heavy atom. The van der Waals surface area contributed by atoms with Crippen molar-refractivity contribution in [3.05, 3.63) is 30.3 Å². The number of hydrogen-bond donors (Lipinski definition) is 2. The number of carbonyl (C=O) groups is 1. The number of carbonyl (C=O) groups excluding carboxylic acids is 1. The van der Waals surface area contributed by atoms with Crippen LogP contribution in [0.25, 0.3) is 0 Å². The van der Waals surface area contributed by atoms with Crippen molar-refractivity contribution in [2.45, 2.75) is 18.1 Å². The molecule has 1 fully saturated rings. The normalized spacial score (nSPS) is 15.8. The van der Waals surface area contributed by atoms with Gasteiger partial charge in [0.15, 0.2) is 0 Å². The lowest BCUT2D eigenvalue weighted by atomic mass is 10.2. The van der Waals surface area contributed by atoms with Gasteiger partial charge in [-0.15, -0.1) is 11.8 Å². The monoisotopic (exact) mass is 294 g/mol. The second kappa shape index (κ2) is 8.87. The Hall–Kier alpha value is -1.20. The summed E-state index contributed by atoms with van der Waals surface area (Å²) in [5.41, 5.74) is 0. The van der Waals surface area contributed by atoms with Gasteiger partial charge in [-0.2, -0.15) is 0 Å². The van der Waals surface area contributed by atoms with E-state index in [2.05, 4.69) is 10.6 Å². The fourth-order valence-corrected chi connectivity index (χ4v) is 3.14. The fraction of sp³-hybridized carbons (Fsp3) is 0.533. The van der Waals surface area contributed by atoms with Crippen molar-refractivity contribution >= 4 is 17.7 Å². The molecule has 4 nitrogen and oxygen atoms in total. The van der Waals surface area contributed by atoms with Crippen LogP contribution in [-0.2, 0) is 4.79 Å². The molecule has 1 amide bonds. The third-order valence-corrected chi connectivity index (χ3v) is 4.54. The van der Waals surface area contributed by atoms with Crippen molar-refractivity contribution in [1.82, 2.24) is 10.6 Å². The molecule has 0 aromatic heterocycles. The lowest BCUT2D eigenvalue weighted by Crippen LogP contribution is -2.32. The molecule has 110 valence electrons. The quantitative estimate of drug-likeness (QED) is 0.751. The lowest BCUT2D eigenvalue weighted by Gasteiger charge is -2.21. The van der Waals surface area contributed by atoms with E-state index in [1.54, 1.807) is 11.8 Å². The number of para-hydroxylation sites is 1. The molecule has 5 heteroatoms. The van der Waals surface area contributed by atoms with Crippen molar-refractivity contribution in [1.29, 1.82) is 0 Å². The van der Waals surface area contributed by atoms with E-state index >= 15 is 0 Å². The number of benzene rings is 1. The van der Waals surface area contributed by atoms with Gasteiger partial charge in [0.1, 0.15) is 12.4 Å². The molecule has 0 saturated carbocycles. The van der Waals surface area contributed by atoms with Crippen LogP contribution < -0.4 is 15.4 Å². The molecule has 1 aliphatic heterocycles. The van der Waals surface area contributed by atoms with E-state index in [0.717, 1.165) is 31.7 Å². The summed E-state index contributed by atoms with van der Waals surface area (Å²) in [6.45, 7) is 3.21. The Labute approximate surface area is 124 Å². The minimum absolute atomic E-state index is 0.102. The molecular formula is C15H22N2O2S. The molecule has 1 aromatic carbocycles. The zero-order chi connectivity index (χ0) is 14.0. The van der Waals surface area contributed by atoms with Crippen LogP contribution in [0.3, 0.4) is 0 Å². The van der Waals surface area contributed by atoms with E-state index in [1.165, 1.54) is 0 Å². The Balaban J connectivity index is 1.51. The van der Waals surface area contributed by atoms with Crippen LogP contribution in [0.2, 0.25) is 0 Å². The minimum atomic E-state index is 0.102. The van der Waals surface area contributed by atoms with Crippen LogP contribution in [0.4, 0.5) is 0 Å². The summed E-state index contributed by atoms with van der Waals surface area (Å²) in [6.07, 6.45) is 2.32. The van der Waals surface area contributed by atoms with Crippen LogP contribution in [0, 0.1) is 0 Å². The van der Waals surface area contributed by atoms with E-state index in [9.17, 15) is 4.79 Å². The zero-order valence-electron chi connectivity index (χ0n) is 11.6. The maximum absolute atomic E-state index is 11.7. The Morgan fingerprint density at radius 1 is 1.30 bits per heavy atom. The van der Waals surface area contributed by atoms with Gasteiger partial charge >= 0.3 is 0 Å². The lowest BCUT2D eigenvalue weighted by molar-refractivity contribution is -0.118. The van der Waals surface area contributed by atoms with Gasteiger partial charge in [-0.3, -0.25) is 4.79 Å². The van der Waals surface area contributed by atoms with Gasteiger partial charge in [-0.05, 0) is 38.1 Å². The van der Waals surface area contributed by atoms with Crippen molar-refractivity contribution in [2.24, 2.45) is 0 Å². The fourth-order valence-electron chi connectivity index (χ4n) is 2.08. The molecule has 0 bridgehead atoms. The highest BCUT2D eigenvalue weighted by Gasteiger charge is 2.14. The Bertz CT molecular complexity index is 394. The summed E-state index contributed by atoms with van der Waals surface area (Å²) in [6, 6.07) is 9.64. The number of thioether (sulfide) groups is 1. The van der Waals surface area contributed by atoms with Gasteiger partial charge in [0.25, 0.3) is 0 Å². The first-order valence-corrected chi connectivity index (χ1v) is 8.16. The van der Waals surface area contributed by atoms with Crippen molar-refractivity contribution in [3.63, 3.8) is 0 Å². The van der Waals surface area contributed by atoms with Crippen molar-refractivity contribution in [3.8, 4) is 5.75 Å². The van der Waals surface area contributed by atoms with E-state index in [-0.39, 0.29) is 5.91 Å². The van der Waals surface area contributed by atoms with Crippen LogP contribution in [0.5, 0.6) is 5.75 Å². The summed E-state index contributed by atoms with van der Waals surface area (Å²) >= 11 is 1.77. The van der Waals surface area contributed by atoms with Crippen molar-refractivity contribution < 1.29 is 9.53 Å².